The van der Waals surface area contributed by atoms with E-state index in [9.17, 15) is 0 Å². The second-order valence-electron chi connectivity index (χ2n) is 4.62. The predicted octanol–water partition coefficient (Wildman–Crippen LogP) is 2.08. The summed E-state index contributed by atoms with van der Waals surface area (Å²) in [5.41, 5.74) is 8.81. The van der Waals surface area contributed by atoms with Crippen molar-refractivity contribution < 1.29 is 9.47 Å². The van der Waals surface area contributed by atoms with Crippen LogP contribution in [0.5, 0.6) is 11.6 Å². The summed E-state index contributed by atoms with van der Waals surface area (Å²) in [6, 6.07) is 9.47. The molecule has 0 fully saturated rings. The van der Waals surface area contributed by atoms with Crippen LogP contribution in [-0.2, 0) is 6.54 Å². The zero-order valence-corrected chi connectivity index (χ0v) is 11.9. The molecule has 0 aliphatic rings. The molecule has 6 heteroatoms. The van der Waals surface area contributed by atoms with Crippen molar-refractivity contribution in [1.82, 2.24) is 14.5 Å². The van der Waals surface area contributed by atoms with Gasteiger partial charge in [0.2, 0.25) is 11.8 Å². The number of nitrogens with zero attached hydrogens (tertiary/aromatic N) is 3. The van der Waals surface area contributed by atoms with Crippen LogP contribution in [0, 0.1) is 0 Å². The average molecular weight is 284 g/mol. The molecule has 2 heterocycles. The van der Waals surface area contributed by atoms with Crippen molar-refractivity contribution in [2.75, 3.05) is 20.0 Å². The lowest BCUT2D eigenvalue weighted by atomic mass is 10.2. The van der Waals surface area contributed by atoms with Crippen molar-refractivity contribution in [2.24, 2.45) is 0 Å². The van der Waals surface area contributed by atoms with E-state index < -0.39 is 0 Å². The van der Waals surface area contributed by atoms with Crippen molar-refractivity contribution in [3.8, 4) is 11.6 Å². The van der Waals surface area contributed by atoms with E-state index in [0.29, 0.717) is 18.4 Å². The van der Waals surface area contributed by atoms with Crippen LogP contribution < -0.4 is 15.2 Å². The number of fused-ring (bicyclic) bond motifs is 1. The number of aromatic nitrogens is 3. The number of nitrogen functional groups attached to an aromatic ring is 1. The topological polar surface area (TPSA) is 75.2 Å². The maximum Gasteiger partial charge on any atom is 0.212 e. The number of ether oxygens (including phenoxy) is 2. The van der Waals surface area contributed by atoms with E-state index in [1.807, 2.05) is 34.9 Å². The number of hydrogen-bond acceptors (Lipinski definition) is 5. The number of imidazole rings is 1. The van der Waals surface area contributed by atoms with Crippen LogP contribution in [0.4, 0.5) is 5.95 Å². The lowest BCUT2D eigenvalue weighted by molar-refractivity contribution is 0.397. The lowest BCUT2D eigenvalue weighted by Crippen LogP contribution is -2.05. The largest absolute Gasteiger partial charge is 0.497 e. The van der Waals surface area contributed by atoms with Crippen LogP contribution in [-0.4, -0.2) is 28.8 Å². The molecular weight excluding hydrogens is 268 g/mol. The molecular formula is C15H16N4O2. The maximum absolute atomic E-state index is 6.01. The van der Waals surface area contributed by atoms with Gasteiger partial charge in [-0.05, 0) is 17.7 Å². The Labute approximate surface area is 122 Å². The standard InChI is InChI=1S/C15H16N4O2/c1-20-11-4-5-12-13(7-11)19(15(16)18-12)9-10-3-6-14(21-2)17-8-10/h3-8H,9H2,1-2H3,(H2,16,18). The maximum atomic E-state index is 6.01. The van der Waals surface area contributed by atoms with Crippen LogP contribution in [0.25, 0.3) is 11.0 Å². The third-order valence-electron chi connectivity index (χ3n) is 3.33. The number of methoxy groups -OCH3 is 2. The smallest absolute Gasteiger partial charge is 0.212 e. The normalized spacial score (nSPS) is 10.8. The molecule has 108 valence electrons. The van der Waals surface area contributed by atoms with E-state index in [0.717, 1.165) is 22.3 Å². The summed E-state index contributed by atoms with van der Waals surface area (Å²) in [5.74, 6) is 1.83. The van der Waals surface area contributed by atoms with Gasteiger partial charge in [-0.15, -0.1) is 0 Å². The number of pyridine rings is 1. The molecule has 0 amide bonds. The van der Waals surface area contributed by atoms with E-state index >= 15 is 0 Å². The van der Waals surface area contributed by atoms with Crippen molar-refractivity contribution in [1.29, 1.82) is 0 Å². The molecule has 0 aliphatic heterocycles. The Kier molecular flexibility index (Phi) is 3.35. The summed E-state index contributed by atoms with van der Waals surface area (Å²) >= 11 is 0. The van der Waals surface area contributed by atoms with Crippen molar-refractivity contribution in [3.63, 3.8) is 0 Å². The fraction of sp³-hybridized carbons (Fsp3) is 0.200. The zero-order valence-electron chi connectivity index (χ0n) is 11.9. The molecule has 21 heavy (non-hydrogen) atoms. The highest BCUT2D eigenvalue weighted by atomic mass is 16.5. The second kappa shape index (κ2) is 5.32. The minimum absolute atomic E-state index is 0.467. The average Bonchev–Trinajstić information content (AvgIpc) is 2.83. The predicted molar refractivity (Wildman–Crippen MR) is 80.6 cm³/mol. The molecule has 0 aliphatic carbocycles. The quantitative estimate of drug-likeness (QED) is 0.794. The van der Waals surface area contributed by atoms with Crippen LogP contribution in [0.3, 0.4) is 0 Å². The van der Waals surface area contributed by atoms with Gasteiger partial charge in [-0.3, -0.25) is 0 Å². The molecule has 0 saturated carbocycles. The Hall–Kier alpha value is -2.76. The highest BCUT2D eigenvalue weighted by Gasteiger charge is 2.10. The molecule has 2 aromatic heterocycles. The van der Waals surface area contributed by atoms with Gasteiger partial charge >= 0.3 is 0 Å². The van der Waals surface area contributed by atoms with E-state index in [1.165, 1.54) is 0 Å². The minimum atomic E-state index is 0.467. The molecule has 6 nitrogen and oxygen atoms in total. The number of benzene rings is 1. The van der Waals surface area contributed by atoms with E-state index in [1.54, 1.807) is 20.4 Å². The zero-order chi connectivity index (χ0) is 14.8. The van der Waals surface area contributed by atoms with Gasteiger partial charge in [-0.2, -0.15) is 0 Å². The van der Waals surface area contributed by atoms with Gasteiger partial charge in [0.25, 0.3) is 0 Å². The van der Waals surface area contributed by atoms with E-state index in [-0.39, 0.29) is 0 Å². The highest BCUT2D eigenvalue weighted by Crippen LogP contribution is 2.24. The van der Waals surface area contributed by atoms with Gasteiger partial charge in [0.05, 0.1) is 31.8 Å². The Morgan fingerprint density at radius 2 is 2.00 bits per heavy atom. The Morgan fingerprint density at radius 3 is 2.67 bits per heavy atom. The SMILES string of the molecule is COc1ccc2nc(N)n(Cc3ccc(OC)nc3)c2c1. The van der Waals surface area contributed by atoms with Crippen molar-refractivity contribution in [3.05, 3.63) is 42.1 Å². The van der Waals surface area contributed by atoms with Gasteiger partial charge in [0, 0.05) is 18.3 Å². The molecule has 2 N–H and O–H groups in total. The Morgan fingerprint density at radius 1 is 1.14 bits per heavy atom. The van der Waals surface area contributed by atoms with E-state index in [2.05, 4.69) is 9.97 Å². The summed E-state index contributed by atoms with van der Waals surface area (Å²) in [4.78, 5) is 8.56. The molecule has 3 rings (SSSR count). The molecule has 0 bridgehead atoms. The number of anilines is 1. The molecule has 0 spiro atoms. The first-order valence-corrected chi connectivity index (χ1v) is 6.50. The molecule has 0 saturated heterocycles. The van der Waals surface area contributed by atoms with Crippen LogP contribution in [0.2, 0.25) is 0 Å². The van der Waals surface area contributed by atoms with Crippen LogP contribution in [0.15, 0.2) is 36.5 Å². The number of hydrogen-bond donors (Lipinski definition) is 1. The third kappa shape index (κ3) is 2.47. The van der Waals surface area contributed by atoms with Gasteiger partial charge < -0.3 is 19.8 Å². The molecule has 0 radical (unpaired) electrons. The third-order valence-corrected chi connectivity index (χ3v) is 3.33. The van der Waals surface area contributed by atoms with Gasteiger partial charge in [-0.25, -0.2) is 9.97 Å². The minimum Gasteiger partial charge on any atom is -0.497 e. The second-order valence-corrected chi connectivity index (χ2v) is 4.62. The number of nitrogens with two attached hydrogens (primary N) is 1. The lowest BCUT2D eigenvalue weighted by Gasteiger charge is -2.08. The monoisotopic (exact) mass is 284 g/mol. The van der Waals surface area contributed by atoms with E-state index in [4.69, 9.17) is 15.2 Å². The van der Waals surface area contributed by atoms with Gasteiger partial charge in [-0.1, -0.05) is 6.07 Å². The van der Waals surface area contributed by atoms with Crippen molar-refractivity contribution in [2.45, 2.75) is 6.54 Å². The fourth-order valence-electron chi connectivity index (χ4n) is 2.22. The molecule has 1 aromatic carbocycles. The summed E-state index contributed by atoms with van der Waals surface area (Å²) < 4.78 is 12.2. The van der Waals surface area contributed by atoms with Gasteiger partial charge in [0.15, 0.2) is 0 Å². The van der Waals surface area contributed by atoms with Crippen LogP contribution >= 0.6 is 0 Å². The molecule has 0 atom stereocenters. The summed E-state index contributed by atoms with van der Waals surface area (Å²) in [6.45, 7) is 0.590. The summed E-state index contributed by atoms with van der Waals surface area (Å²) in [6.07, 6.45) is 1.77. The summed E-state index contributed by atoms with van der Waals surface area (Å²) in [5, 5.41) is 0. The first kappa shape index (κ1) is 13.2. The van der Waals surface area contributed by atoms with Crippen LogP contribution in [0.1, 0.15) is 5.56 Å². The number of rotatable bonds is 4. The Bertz CT molecular complexity index is 765. The molecule has 0 unspecified atom stereocenters. The fourth-order valence-corrected chi connectivity index (χ4v) is 2.22. The summed E-state index contributed by atoms with van der Waals surface area (Å²) in [7, 11) is 3.23. The molecule has 3 aromatic rings. The first-order valence-electron chi connectivity index (χ1n) is 6.50. The van der Waals surface area contributed by atoms with Crippen molar-refractivity contribution >= 4 is 17.0 Å². The van der Waals surface area contributed by atoms with Gasteiger partial charge in [0.1, 0.15) is 5.75 Å². The highest BCUT2D eigenvalue weighted by molar-refractivity contribution is 5.80. The Balaban J connectivity index is 2.00. The first-order chi connectivity index (χ1) is 10.2.